The van der Waals surface area contributed by atoms with Crippen LogP contribution in [0.4, 0.5) is 5.82 Å². The van der Waals surface area contributed by atoms with Crippen LogP contribution in [0.5, 0.6) is 0 Å². The molecule has 2 aromatic rings. The summed E-state index contributed by atoms with van der Waals surface area (Å²) in [5, 5.41) is 10.9. The maximum Gasteiger partial charge on any atom is 0.222 e. The molecule has 0 N–H and O–H groups in total. The van der Waals surface area contributed by atoms with Gasteiger partial charge < -0.3 is 9.80 Å². The Hall–Kier alpha value is -2.39. The van der Waals surface area contributed by atoms with Crippen LogP contribution in [0.25, 0.3) is 0 Å². The lowest BCUT2D eigenvalue weighted by atomic mass is 10.2. The SMILES string of the molecule is N#Cc1ccc(N2CCN(C(=O)CCCc3cccs3)CC2)nc1. The Balaban J connectivity index is 1.44. The first kappa shape index (κ1) is 16.5. The lowest BCUT2D eigenvalue weighted by molar-refractivity contribution is -0.131. The Morgan fingerprint density at radius 1 is 1.25 bits per heavy atom. The van der Waals surface area contributed by atoms with Crippen LogP contribution in [0.15, 0.2) is 35.8 Å². The standard InChI is InChI=1S/C18H20N4OS/c19-13-15-6-7-17(20-14-15)21-8-10-22(11-9-21)18(23)5-1-3-16-4-2-12-24-16/h2,4,6-7,12,14H,1,3,5,8-11H2. The number of anilines is 1. The van der Waals surface area contributed by atoms with Crippen molar-refractivity contribution in [3.8, 4) is 6.07 Å². The van der Waals surface area contributed by atoms with Crippen molar-refractivity contribution in [2.24, 2.45) is 0 Å². The molecule has 3 rings (SSSR count). The summed E-state index contributed by atoms with van der Waals surface area (Å²) in [6, 6.07) is 9.91. The van der Waals surface area contributed by atoms with Crippen LogP contribution in [-0.4, -0.2) is 42.0 Å². The van der Waals surface area contributed by atoms with E-state index >= 15 is 0 Å². The molecule has 6 heteroatoms. The highest BCUT2D eigenvalue weighted by atomic mass is 32.1. The van der Waals surface area contributed by atoms with Crippen molar-refractivity contribution in [1.82, 2.24) is 9.88 Å². The molecule has 0 atom stereocenters. The van der Waals surface area contributed by atoms with Gasteiger partial charge in [-0.05, 0) is 36.4 Å². The first-order valence-corrected chi connectivity index (χ1v) is 9.05. The molecule has 1 amide bonds. The van der Waals surface area contributed by atoms with Crippen LogP contribution >= 0.6 is 11.3 Å². The number of carbonyl (C=O) groups excluding carboxylic acids is 1. The minimum absolute atomic E-state index is 0.249. The van der Waals surface area contributed by atoms with Gasteiger partial charge >= 0.3 is 0 Å². The summed E-state index contributed by atoms with van der Waals surface area (Å²) in [5.41, 5.74) is 0.568. The molecule has 3 heterocycles. The second-order valence-corrected chi connectivity index (χ2v) is 6.85. The van der Waals surface area contributed by atoms with Crippen molar-refractivity contribution in [3.63, 3.8) is 0 Å². The molecule has 24 heavy (non-hydrogen) atoms. The fraction of sp³-hybridized carbons (Fsp3) is 0.389. The van der Waals surface area contributed by atoms with E-state index in [1.807, 2.05) is 11.0 Å². The number of nitriles is 1. The molecular weight excluding hydrogens is 320 g/mol. The highest BCUT2D eigenvalue weighted by molar-refractivity contribution is 7.09. The number of thiophene rings is 1. The Bertz CT molecular complexity index is 698. The molecule has 1 saturated heterocycles. The number of aromatic nitrogens is 1. The quantitative estimate of drug-likeness (QED) is 0.840. The molecule has 0 radical (unpaired) electrons. The lowest BCUT2D eigenvalue weighted by Gasteiger charge is -2.35. The monoisotopic (exact) mass is 340 g/mol. The normalized spacial score (nSPS) is 14.5. The van der Waals surface area contributed by atoms with E-state index in [4.69, 9.17) is 5.26 Å². The van der Waals surface area contributed by atoms with Crippen molar-refractivity contribution in [2.45, 2.75) is 19.3 Å². The topological polar surface area (TPSA) is 60.2 Å². The summed E-state index contributed by atoms with van der Waals surface area (Å²) in [7, 11) is 0. The van der Waals surface area contributed by atoms with Gasteiger partial charge in [0.15, 0.2) is 0 Å². The third-order valence-electron chi connectivity index (χ3n) is 4.23. The molecule has 1 fully saturated rings. The maximum absolute atomic E-state index is 12.3. The van der Waals surface area contributed by atoms with E-state index in [2.05, 4.69) is 33.5 Å². The number of carbonyl (C=O) groups is 1. The molecule has 1 aliphatic rings. The van der Waals surface area contributed by atoms with Gasteiger partial charge in [0, 0.05) is 43.7 Å². The molecule has 5 nitrogen and oxygen atoms in total. The van der Waals surface area contributed by atoms with Crippen molar-refractivity contribution in [1.29, 1.82) is 5.26 Å². The zero-order valence-corrected chi connectivity index (χ0v) is 14.3. The second-order valence-electron chi connectivity index (χ2n) is 5.82. The van der Waals surface area contributed by atoms with Crippen LogP contribution < -0.4 is 4.90 Å². The fourth-order valence-electron chi connectivity index (χ4n) is 2.85. The molecule has 0 aliphatic carbocycles. The third-order valence-corrected chi connectivity index (χ3v) is 5.16. The van der Waals surface area contributed by atoms with Crippen molar-refractivity contribution >= 4 is 23.1 Å². The zero-order chi connectivity index (χ0) is 16.8. The molecule has 0 aromatic carbocycles. The summed E-state index contributed by atoms with van der Waals surface area (Å²) >= 11 is 1.75. The molecule has 2 aromatic heterocycles. The fourth-order valence-corrected chi connectivity index (χ4v) is 3.60. The smallest absolute Gasteiger partial charge is 0.222 e. The Morgan fingerprint density at radius 3 is 2.71 bits per heavy atom. The number of piperazine rings is 1. The van der Waals surface area contributed by atoms with E-state index in [0.717, 1.165) is 44.8 Å². The first-order chi connectivity index (χ1) is 11.8. The number of amides is 1. The van der Waals surface area contributed by atoms with E-state index in [0.29, 0.717) is 12.0 Å². The third kappa shape index (κ3) is 4.12. The summed E-state index contributed by atoms with van der Waals surface area (Å²) in [4.78, 5) is 22.1. The van der Waals surface area contributed by atoms with Crippen molar-refractivity contribution in [3.05, 3.63) is 46.3 Å². The number of pyridine rings is 1. The van der Waals surface area contributed by atoms with Gasteiger partial charge in [0.1, 0.15) is 11.9 Å². The minimum atomic E-state index is 0.249. The molecule has 124 valence electrons. The van der Waals surface area contributed by atoms with Crippen LogP contribution in [0.1, 0.15) is 23.3 Å². The van der Waals surface area contributed by atoms with Crippen LogP contribution in [-0.2, 0) is 11.2 Å². The molecule has 0 saturated carbocycles. The van der Waals surface area contributed by atoms with Crippen molar-refractivity contribution < 1.29 is 4.79 Å². The van der Waals surface area contributed by atoms with Gasteiger partial charge in [-0.1, -0.05) is 6.07 Å². The zero-order valence-electron chi connectivity index (χ0n) is 13.5. The van der Waals surface area contributed by atoms with Crippen LogP contribution in [0, 0.1) is 11.3 Å². The predicted molar refractivity (Wildman–Crippen MR) is 95.0 cm³/mol. The molecule has 0 unspecified atom stereocenters. The summed E-state index contributed by atoms with van der Waals surface area (Å²) in [6.45, 7) is 3.05. The molecule has 0 bridgehead atoms. The Morgan fingerprint density at radius 2 is 2.08 bits per heavy atom. The summed E-state index contributed by atoms with van der Waals surface area (Å²) in [5.74, 6) is 1.12. The van der Waals surface area contributed by atoms with E-state index in [1.165, 1.54) is 4.88 Å². The highest BCUT2D eigenvalue weighted by Gasteiger charge is 2.21. The Labute approximate surface area is 146 Å². The van der Waals surface area contributed by atoms with Gasteiger partial charge in [0.05, 0.1) is 5.56 Å². The van der Waals surface area contributed by atoms with Crippen molar-refractivity contribution in [2.75, 3.05) is 31.1 Å². The number of aryl methyl sites for hydroxylation is 1. The average molecular weight is 340 g/mol. The maximum atomic E-state index is 12.3. The van der Waals surface area contributed by atoms with Gasteiger partial charge in [0.2, 0.25) is 5.91 Å². The largest absolute Gasteiger partial charge is 0.353 e. The second kappa shape index (κ2) is 7.93. The van der Waals surface area contributed by atoms with Gasteiger partial charge in [0.25, 0.3) is 0 Å². The molecular formula is C18H20N4OS. The first-order valence-electron chi connectivity index (χ1n) is 8.17. The predicted octanol–water partition coefficient (Wildman–Crippen LogP) is 2.69. The number of rotatable bonds is 5. The van der Waals surface area contributed by atoms with Crippen LogP contribution in [0.3, 0.4) is 0 Å². The number of nitrogens with zero attached hydrogens (tertiary/aromatic N) is 4. The Kier molecular flexibility index (Phi) is 5.44. The van der Waals surface area contributed by atoms with Gasteiger partial charge in [-0.3, -0.25) is 4.79 Å². The summed E-state index contributed by atoms with van der Waals surface area (Å²) in [6.07, 6.45) is 4.11. The average Bonchev–Trinajstić information content (AvgIpc) is 3.15. The summed E-state index contributed by atoms with van der Waals surface area (Å²) < 4.78 is 0. The minimum Gasteiger partial charge on any atom is -0.353 e. The number of hydrogen-bond acceptors (Lipinski definition) is 5. The highest BCUT2D eigenvalue weighted by Crippen LogP contribution is 2.16. The van der Waals surface area contributed by atoms with Gasteiger partial charge in [-0.15, -0.1) is 11.3 Å². The van der Waals surface area contributed by atoms with E-state index in [1.54, 1.807) is 23.6 Å². The van der Waals surface area contributed by atoms with Gasteiger partial charge in [-0.25, -0.2) is 4.98 Å². The van der Waals surface area contributed by atoms with E-state index < -0.39 is 0 Å². The van der Waals surface area contributed by atoms with E-state index in [9.17, 15) is 4.79 Å². The van der Waals surface area contributed by atoms with Crippen LogP contribution in [0.2, 0.25) is 0 Å². The van der Waals surface area contributed by atoms with E-state index in [-0.39, 0.29) is 5.91 Å². The molecule has 0 spiro atoms. The lowest BCUT2D eigenvalue weighted by Crippen LogP contribution is -2.49. The number of hydrogen-bond donors (Lipinski definition) is 0. The molecule has 1 aliphatic heterocycles. The van der Waals surface area contributed by atoms with Gasteiger partial charge in [-0.2, -0.15) is 5.26 Å².